The summed E-state index contributed by atoms with van der Waals surface area (Å²) in [4.78, 5) is 11.7. The van der Waals surface area contributed by atoms with E-state index in [1.165, 1.54) is 14.0 Å². The van der Waals surface area contributed by atoms with E-state index >= 15 is 0 Å². The van der Waals surface area contributed by atoms with Gasteiger partial charge in [0.1, 0.15) is 5.41 Å². The fourth-order valence-electron chi connectivity index (χ4n) is 2.98. The van der Waals surface area contributed by atoms with E-state index in [1.807, 2.05) is 0 Å². The van der Waals surface area contributed by atoms with Crippen molar-refractivity contribution in [1.29, 1.82) is 0 Å². The van der Waals surface area contributed by atoms with Gasteiger partial charge in [0.15, 0.2) is 9.84 Å². The van der Waals surface area contributed by atoms with Crippen molar-refractivity contribution in [2.45, 2.75) is 18.1 Å². The normalized spacial score (nSPS) is 28.3. The molecule has 116 valence electrons. The number of hydrogen-bond acceptors (Lipinski definition) is 4. The Morgan fingerprint density at radius 3 is 2.38 bits per heavy atom. The molecule has 21 heavy (non-hydrogen) atoms. The zero-order valence-corrected chi connectivity index (χ0v) is 13.3. The zero-order valence-electron chi connectivity index (χ0n) is 11.7. The number of methoxy groups -OCH3 is 1. The molecule has 0 spiro atoms. The summed E-state index contributed by atoms with van der Waals surface area (Å²) in [5, 5.41) is 9.13. The second-order valence-electron chi connectivity index (χ2n) is 5.18. The van der Waals surface area contributed by atoms with Crippen molar-refractivity contribution in [1.82, 2.24) is 0 Å². The number of hydrogen-bond donors (Lipinski definition) is 1. The molecule has 0 saturated heterocycles. The molecule has 7 heteroatoms. The molecule has 1 aliphatic rings. The lowest BCUT2D eigenvalue weighted by molar-refractivity contribution is -0.145. The zero-order chi connectivity index (χ0) is 15.8. The lowest BCUT2D eigenvalue weighted by Crippen LogP contribution is -2.29. The lowest BCUT2D eigenvalue weighted by Gasteiger charge is -2.11. The van der Waals surface area contributed by atoms with Crippen LogP contribution in [-0.2, 0) is 19.4 Å². The molecule has 1 aromatic rings. The molecule has 0 aromatic heterocycles. The Labute approximate surface area is 128 Å². The third-order valence-corrected chi connectivity index (χ3v) is 6.58. The van der Waals surface area contributed by atoms with Gasteiger partial charge in [0, 0.05) is 23.8 Å². The second-order valence-corrected chi connectivity index (χ2v) is 8.03. The Bertz CT molecular complexity index is 640. The van der Waals surface area contributed by atoms with Crippen molar-refractivity contribution in [3.05, 3.63) is 34.9 Å². The number of halogens is 1. The number of carbonyl (C=O) groups is 1. The molecule has 1 aromatic carbocycles. The van der Waals surface area contributed by atoms with Gasteiger partial charge in [-0.15, -0.1) is 0 Å². The summed E-state index contributed by atoms with van der Waals surface area (Å²) in [7, 11) is -2.13. The minimum absolute atomic E-state index is 0.0967. The van der Waals surface area contributed by atoms with E-state index in [-0.39, 0.29) is 12.4 Å². The molecule has 0 bridgehead atoms. The lowest BCUT2D eigenvalue weighted by atomic mass is 10.0. The van der Waals surface area contributed by atoms with E-state index in [2.05, 4.69) is 0 Å². The molecular weight excluding hydrogens is 316 g/mol. The summed E-state index contributed by atoms with van der Waals surface area (Å²) < 4.78 is 29.5. The number of rotatable bonds is 6. The molecule has 0 heterocycles. The Kier molecular flexibility index (Phi) is 4.33. The summed E-state index contributed by atoms with van der Waals surface area (Å²) in [6.07, 6.45) is 0. The van der Waals surface area contributed by atoms with Crippen molar-refractivity contribution in [2.24, 2.45) is 5.41 Å². The fourth-order valence-corrected chi connectivity index (χ4v) is 5.16. The van der Waals surface area contributed by atoms with Crippen LogP contribution in [-0.4, -0.2) is 44.2 Å². The van der Waals surface area contributed by atoms with Crippen LogP contribution in [0.4, 0.5) is 0 Å². The SMILES string of the molecule is CCS(=O)(=O)[C@@H]1[C@@H](c2ccc(Cl)cc2)[C@@]1(COC)C(=O)O. The van der Waals surface area contributed by atoms with Gasteiger partial charge in [-0.05, 0) is 17.7 Å². The van der Waals surface area contributed by atoms with Crippen LogP contribution in [0, 0.1) is 5.41 Å². The summed E-state index contributed by atoms with van der Waals surface area (Å²) in [6.45, 7) is 1.38. The standard InChI is InChI=1S/C14H17ClO5S/c1-3-21(18,19)12-11(9-4-6-10(15)7-5-9)14(12,8-20-2)13(16)17/h4-7,11-12H,3,8H2,1-2H3,(H,16,17)/t11-,12-,14-/m1/s1. The van der Waals surface area contributed by atoms with Crippen molar-refractivity contribution in [3.8, 4) is 0 Å². The predicted octanol–water partition coefficient (Wildman–Crippen LogP) is 1.96. The highest BCUT2D eigenvalue weighted by molar-refractivity contribution is 7.92. The number of benzene rings is 1. The van der Waals surface area contributed by atoms with Crippen molar-refractivity contribution >= 4 is 27.4 Å². The van der Waals surface area contributed by atoms with Crippen LogP contribution in [0.5, 0.6) is 0 Å². The maximum atomic E-state index is 12.3. The van der Waals surface area contributed by atoms with E-state index in [0.29, 0.717) is 10.6 Å². The third-order valence-electron chi connectivity index (χ3n) is 4.06. The summed E-state index contributed by atoms with van der Waals surface area (Å²) in [5.74, 6) is -1.86. The summed E-state index contributed by atoms with van der Waals surface area (Å²) in [5.41, 5.74) is -0.766. The molecule has 2 rings (SSSR count). The smallest absolute Gasteiger partial charge is 0.314 e. The topological polar surface area (TPSA) is 80.7 Å². The van der Waals surface area contributed by atoms with Crippen LogP contribution in [0.15, 0.2) is 24.3 Å². The van der Waals surface area contributed by atoms with Gasteiger partial charge in [-0.25, -0.2) is 8.42 Å². The molecule has 0 unspecified atom stereocenters. The second kappa shape index (κ2) is 5.59. The van der Waals surface area contributed by atoms with Crippen LogP contribution in [0.3, 0.4) is 0 Å². The highest BCUT2D eigenvalue weighted by Crippen LogP contribution is 2.63. The molecule has 1 saturated carbocycles. The number of aliphatic carboxylic acids is 1. The number of carboxylic acids is 1. The molecule has 0 aliphatic heterocycles. The van der Waals surface area contributed by atoms with Crippen LogP contribution in [0.2, 0.25) is 5.02 Å². The van der Waals surface area contributed by atoms with Gasteiger partial charge >= 0.3 is 5.97 Å². The third kappa shape index (κ3) is 2.56. The van der Waals surface area contributed by atoms with Crippen LogP contribution >= 0.6 is 11.6 Å². The van der Waals surface area contributed by atoms with Gasteiger partial charge in [-0.2, -0.15) is 0 Å². The highest BCUT2D eigenvalue weighted by Gasteiger charge is 2.75. The van der Waals surface area contributed by atoms with Crippen LogP contribution in [0.25, 0.3) is 0 Å². The van der Waals surface area contributed by atoms with Gasteiger partial charge in [-0.1, -0.05) is 30.7 Å². The average molecular weight is 333 g/mol. The van der Waals surface area contributed by atoms with Crippen LogP contribution < -0.4 is 0 Å². The Balaban J connectivity index is 2.51. The minimum Gasteiger partial charge on any atom is -0.481 e. The first-order valence-electron chi connectivity index (χ1n) is 6.50. The van der Waals surface area contributed by atoms with Crippen molar-refractivity contribution in [2.75, 3.05) is 19.5 Å². The first kappa shape index (κ1) is 16.3. The Morgan fingerprint density at radius 2 is 1.95 bits per heavy atom. The van der Waals surface area contributed by atoms with Gasteiger partial charge in [0.05, 0.1) is 11.9 Å². The number of carboxylic acid groups (broad SMARTS) is 1. The predicted molar refractivity (Wildman–Crippen MR) is 79.4 cm³/mol. The molecule has 1 fully saturated rings. The monoisotopic (exact) mass is 332 g/mol. The highest BCUT2D eigenvalue weighted by atomic mass is 35.5. The van der Waals surface area contributed by atoms with E-state index in [0.717, 1.165) is 0 Å². The van der Waals surface area contributed by atoms with Gasteiger partial charge in [-0.3, -0.25) is 4.79 Å². The van der Waals surface area contributed by atoms with E-state index < -0.39 is 32.4 Å². The Hall–Kier alpha value is -1.11. The Morgan fingerprint density at radius 1 is 1.38 bits per heavy atom. The van der Waals surface area contributed by atoms with Crippen molar-refractivity contribution in [3.63, 3.8) is 0 Å². The largest absolute Gasteiger partial charge is 0.481 e. The minimum atomic E-state index is -3.50. The van der Waals surface area contributed by atoms with E-state index in [1.54, 1.807) is 24.3 Å². The van der Waals surface area contributed by atoms with Gasteiger partial charge in [0.2, 0.25) is 0 Å². The van der Waals surface area contributed by atoms with Gasteiger partial charge in [0.25, 0.3) is 0 Å². The number of ether oxygens (including phenoxy) is 1. The maximum absolute atomic E-state index is 12.3. The fraction of sp³-hybridized carbons (Fsp3) is 0.500. The maximum Gasteiger partial charge on any atom is 0.314 e. The molecule has 3 atom stereocenters. The quantitative estimate of drug-likeness (QED) is 0.861. The molecule has 0 radical (unpaired) electrons. The molecule has 0 amide bonds. The summed E-state index contributed by atoms with van der Waals surface area (Å²) >= 11 is 5.83. The van der Waals surface area contributed by atoms with E-state index in [4.69, 9.17) is 16.3 Å². The van der Waals surface area contributed by atoms with E-state index in [9.17, 15) is 18.3 Å². The van der Waals surface area contributed by atoms with Crippen molar-refractivity contribution < 1.29 is 23.1 Å². The van der Waals surface area contributed by atoms with Gasteiger partial charge < -0.3 is 9.84 Å². The molecule has 1 aliphatic carbocycles. The molecule has 5 nitrogen and oxygen atoms in total. The summed E-state index contributed by atoms with van der Waals surface area (Å²) in [6, 6.07) is 6.60. The average Bonchev–Trinajstić information content (AvgIpc) is 3.11. The molecule has 1 N–H and O–H groups in total. The van der Waals surface area contributed by atoms with Crippen LogP contribution in [0.1, 0.15) is 18.4 Å². The molecular formula is C14H17ClO5S. The number of sulfone groups is 1. The first-order valence-corrected chi connectivity index (χ1v) is 8.60. The first-order chi connectivity index (χ1) is 9.81.